The number of nitrogens with one attached hydrogen (secondary N) is 1. The summed E-state index contributed by atoms with van der Waals surface area (Å²) in [5, 5.41) is 12.7. The molecule has 0 spiro atoms. The Morgan fingerprint density at radius 2 is 2.05 bits per heavy atom. The fraction of sp³-hybridized carbons (Fsp3) is 0.389. The van der Waals surface area contributed by atoms with Crippen LogP contribution in [0.1, 0.15) is 49.4 Å². The van der Waals surface area contributed by atoms with Crippen molar-refractivity contribution in [3.05, 3.63) is 59.4 Å². The highest BCUT2D eigenvalue weighted by atomic mass is 15.0. The molecular formula is C18H23N3. The van der Waals surface area contributed by atoms with Gasteiger partial charge in [-0.25, -0.2) is 0 Å². The molecule has 1 unspecified atom stereocenters. The maximum atomic E-state index is 9.16. The molecule has 0 saturated heterocycles. The average molecular weight is 281 g/mol. The molecule has 1 aromatic carbocycles. The molecule has 21 heavy (non-hydrogen) atoms. The zero-order valence-electron chi connectivity index (χ0n) is 12.8. The van der Waals surface area contributed by atoms with E-state index in [1.807, 2.05) is 24.3 Å². The van der Waals surface area contributed by atoms with Crippen molar-refractivity contribution in [2.24, 2.45) is 0 Å². The Hall–Kier alpha value is -2.05. The molecule has 1 N–H and O–H groups in total. The second kappa shape index (κ2) is 7.66. The molecule has 1 atom stereocenters. The van der Waals surface area contributed by atoms with E-state index in [1.165, 1.54) is 12.0 Å². The van der Waals surface area contributed by atoms with Crippen molar-refractivity contribution in [1.29, 1.82) is 5.26 Å². The summed E-state index contributed by atoms with van der Waals surface area (Å²) < 4.78 is 2.16. The Morgan fingerprint density at radius 3 is 2.76 bits per heavy atom. The van der Waals surface area contributed by atoms with Crippen LogP contribution >= 0.6 is 0 Å². The van der Waals surface area contributed by atoms with Crippen molar-refractivity contribution < 1.29 is 0 Å². The van der Waals surface area contributed by atoms with Crippen LogP contribution in [0, 0.1) is 11.3 Å². The first kappa shape index (κ1) is 15.3. The minimum atomic E-state index is 0.424. The molecule has 0 aliphatic heterocycles. The van der Waals surface area contributed by atoms with Gasteiger partial charge in [0.15, 0.2) is 0 Å². The third kappa shape index (κ3) is 3.96. The summed E-state index contributed by atoms with van der Waals surface area (Å²) in [6, 6.07) is 12.6. The van der Waals surface area contributed by atoms with Gasteiger partial charge in [0.2, 0.25) is 0 Å². The summed E-state index contributed by atoms with van der Waals surface area (Å²) in [4.78, 5) is 0. The molecule has 0 amide bonds. The molecule has 1 aromatic heterocycles. The lowest BCUT2D eigenvalue weighted by Gasteiger charge is -2.15. The van der Waals surface area contributed by atoms with E-state index in [4.69, 9.17) is 5.26 Å². The Labute approximate surface area is 127 Å². The number of rotatable bonds is 7. The van der Waals surface area contributed by atoms with Gasteiger partial charge in [0.05, 0.1) is 11.6 Å². The van der Waals surface area contributed by atoms with Crippen molar-refractivity contribution in [3.8, 4) is 6.07 Å². The lowest BCUT2D eigenvalue weighted by Crippen LogP contribution is -2.20. The highest BCUT2D eigenvalue weighted by Crippen LogP contribution is 2.20. The van der Waals surface area contributed by atoms with E-state index in [2.05, 4.69) is 48.3 Å². The molecule has 0 fully saturated rings. The summed E-state index contributed by atoms with van der Waals surface area (Å²) in [7, 11) is 0. The number of benzene rings is 1. The number of aromatic nitrogens is 1. The number of nitrogens with zero attached hydrogens (tertiary/aromatic N) is 2. The van der Waals surface area contributed by atoms with E-state index >= 15 is 0 Å². The van der Waals surface area contributed by atoms with E-state index in [1.54, 1.807) is 0 Å². The summed E-state index contributed by atoms with van der Waals surface area (Å²) in [6.45, 7) is 6.08. The molecule has 0 aliphatic carbocycles. The second-order valence-corrected chi connectivity index (χ2v) is 5.29. The predicted molar refractivity (Wildman–Crippen MR) is 86.0 cm³/mol. The van der Waals surface area contributed by atoms with E-state index in [-0.39, 0.29) is 0 Å². The Balaban J connectivity index is 2.14. The average Bonchev–Trinajstić information content (AvgIpc) is 2.96. The molecule has 2 rings (SSSR count). The molecule has 2 aromatic rings. The largest absolute Gasteiger partial charge is 0.350 e. The van der Waals surface area contributed by atoms with Gasteiger partial charge in [-0.1, -0.05) is 38.5 Å². The van der Waals surface area contributed by atoms with E-state index in [0.717, 1.165) is 30.6 Å². The third-order valence-corrected chi connectivity index (χ3v) is 3.69. The third-order valence-electron chi connectivity index (χ3n) is 3.69. The number of hydrogen-bond acceptors (Lipinski definition) is 2. The minimum Gasteiger partial charge on any atom is -0.350 e. The minimum absolute atomic E-state index is 0.424. The summed E-state index contributed by atoms with van der Waals surface area (Å²) in [5.41, 5.74) is 3.15. The van der Waals surface area contributed by atoms with Gasteiger partial charge >= 0.3 is 0 Å². The van der Waals surface area contributed by atoms with Gasteiger partial charge in [0.1, 0.15) is 0 Å². The van der Waals surface area contributed by atoms with Crippen molar-refractivity contribution in [2.75, 3.05) is 6.54 Å². The summed E-state index contributed by atoms with van der Waals surface area (Å²) in [6.07, 6.45) is 6.60. The van der Waals surface area contributed by atoms with Crippen LogP contribution in [0.15, 0.2) is 42.7 Å². The summed E-state index contributed by atoms with van der Waals surface area (Å²) in [5.74, 6) is 0. The maximum Gasteiger partial charge on any atom is 0.0995 e. The fourth-order valence-electron chi connectivity index (χ4n) is 2.65. The zero-order chi connectivity index (χ0) is 15.1. The van der Waals surface area contributed by atoms with Crippen LogP contribution in [0.4, 0.5) is 0 Å². The SMILES string of the molecule is CCCC(NCC)c1ccn(Cc2ccccc2C#N)c1. The molecule has 1 heterocycles. The lowest BCUT2D eigenvalue weighted by molar-refractivity contribution is 0.508. The second-order valence-electron chi connectivity index (χ2n) is 5.29. The van der Waals surface area contributed by atoms with Crippen molar-refractivity contribution in [1.82, 2.24) is 9.88 Å². The van der Waals surface area contributed by atoms with Crippen LogP contribution in [0.25, 0.3) is 0 Å². The van der Waals surface area contributed by atoms with Crippen LogP contribution in [0.2, 0.25) is 0 Å². The van der Waals surface area contributed by atoms with Crippen molar-refractivity contribution in [3.63, 3.8) is 0 Å². The molecular weight excluding hydrogens is 258 g/mol. The molecule has 110 valence electrons. The fourth-order valence-corrected chi connectivity index (χ4v) is 2.65. The van der Waals surface area contributed by atoms with Crippen molar-refractivity contribution >= 4 is 0 Å². The zero-order valence-corrected chi connectivity index (χ0v) is 12.8. The number of hydrogen-bond donors (Lipinski definition) is 1. The predicted octanol–water partition coefficient (Wildman–Crippen LogP) is 3.86. The van der Waals surface area contributed by atoms with Gasteiger partial charge in [-0.15, -0.1) is 0 Å². The Kier molecular flexibility index (Phi) is 5.59. The monoisotopic (exact) mass is 281 g/mol. The van der Waals surface area contributed by atoms with Crippen LogP contribution in [-0.2, 0) is 6.54 Å². The normalized spacial score (nSPS) is 12.0. The quantitative estimate of drug-likeness (QED) is 0.837. The van der Waals surface area contributed by atoms with Gasteiger partial charge < -0.3 is 9.88 Å². The number of nitriles is 1. The molecule has 3 heteroatoms. The molecule has 0 aliphatic rings. The van der Waals surface area contributed by atoms with Crippen LogP contribution in [-0.4, -0.2) is 11.1 Å². The molecule has 0 radical (unpaired) electrons. The van der Waals surface area contributed by atoms with Gasteiger partial charge in [-0.05, 0) is 36.2 Å². The van der Waals surface area contributed by atoms with Gasteiger partial charge in [-0.3, -0.25) is 0 Å². The van der Waals surface area contributed by atoms with Gasteiger partial charge in [-0.2, -0.15) is 5.26 Å². The highest BCUT2D eigenvalue weighted by Gasteiger charge is 2.11. The van der Waals surface area contributed by atoms with Gasteiger partial charge in [0, 0.05) is 25.0 Å². The van der Waals surface area contributed by atoms with E-state index in [9.17, 15) is 0 Å². The van der Waals surface area contributed by atoms with Crippen LogP contribution < -0.4 is 5.32 Å². The Bertz CT molecular complexity index is 601. The van der Waals surface area contributed by atoms with Gasteiger partial charge in [0.25, 0.3) is 0 Å². The van der Waals surface area contributed by atoms with Crippen LogP contribution in [0.3, 0.4) is 0 Å². The van der Waals surface area contributed by atoms with Crippen LogP contribution in [0.5, 0.6) is 0 Å². The smallest absolute Gasteiger partial charge is 0.0995 e. The maximum absolute atomic E-state index is 9.16. The Morgan fingerprint density at radius 1 is 1.24 bits per heavy atom. The van der Waals surface area contributed by atoms with E-state index < -0.39 is 0 Å². The highest BCUT2D eigenvalue weighted by molar-refractivity contribution is 5.37. The van der Waals surface area contributed by atoms with E-state index in [0.29, 0.717) is 6.04 Å². The van der Waals surface area contributed by atoms with Crippen molar-refractivity contribution in [2.45, 2.75) is 39.3 Å². The molecule has 3 nitrogen and oxygen atoms in total. The standard InChI is InChI=1S/C18H23N3/c1-3-7-18(20-4-2)17-10-11-21(14-17)13-16-9-6-5-8-15(16)12-19/h5-6,8-11,14,18,20H,3-4,7,13H2,1-2H3. The first-order valence-electron chi connectivity index (χ1n) is 7.65. The first-order valence-corrected chi connectivity index (χ1v) is 7.65. The molecule has 0 bridgehead atoms. The topological polar surface area (TPSA) is 40.8 Å². The molecule has 0 saturated carbocycles. The lowest BCUT2D eigenvalue weighted by atomic mass is 10.1. The first-order chi connectivity index (χ1) is 10.3. The summed E-state index contributed by atoms with van der Waals surface area (Å²) >= 11 is 0.